The zero-order valence-electron chi connectivity index (χ0n) is 19.0. The largest absolute Gasteiger partial charge is 0.394 e. The second kappa shape index (κ2) is 19.7. The molecule has 0 rings (SSSR count). The van der Waals surface area contributed by atoms with Gasteiger partial charge in [0.1, 0.15) is 12.2 Å². The molecule has 0 heterocycles. The van der Waals surface area contributed by atoms with Gasteiger partial charge in [-0.1, -0.05) is 83.1 Å². The van der Waals surface area contributed by atoms with Crippen molar-refractivity contribution in [2.24, 2.45) is 0 Å². The van der Waals surface area contributed by atoms with Crippen molar-refractivity contribution in [3.05, 3.63) is 24.3 Å². The summed E-state index contributed by atoms with van der Waals surface area (Å²) in [6.07, 6.45) is 16.1. The maximum Gasteiger partial charge on any atom is 0.249 e. The second-order valence-electron chi connectivity index (χ2n) is 7.98. The predicted molar refractivity (Wildman–Crippen MR) is 122 cm³/mol. The number of unbranched alkanes of at least 4 members (excludes halogenated alkanes) is 7. The van der Waals surface area contributed by atoms with Gasteiger partial charge in [-0.3, -0.25) is 4.79 Å². The van der Waals surface area contributed by atoms with E-state index in [0.29, 0.717) is 6.42 Å². The van der Waals surface area contributed by atoms with Gasteiger partial charge in [-0.25, -0.2) is 0 Å². The Morgan fingerprint density at radius 3 is 2.17 bits per heavy atom. The zero-order valence-corrected chi connectivity index (χ0v) is 19.0. The summed E-state index contributed by atoms with van der Waals surface area (Å²) in [5.41, 5.74) is 0. The van der Waals surface area contributed by atoms with Crippen molar-refractivity contribution >= 4 is 5.91 Å². The fourth-order valence-electron chi connectivity index (χ4n) is 3.13. The van der Waals surface area contributed by atoms with Gasteiger partial charge in [0.15, 0.2) is 0 Å². The Labute approximate surface area is 183 Å². The van der Waals surface area contributed by atoms with Crippen molar-refractivity contribution in [1.29, 1.82) is 0 Å². The van der Waals surface area contributed by atoms with E-state index >= 15 is 0 Å². The highest BCUT2D eigenvalue weighted by Gasteiger charge is 2.28. The Balaban J connectivity index is 4.06. The first-order valence-corrected chi connectivity index (χ1v) is 11.7. The Morgan fingerprint density at radius 1 is 0.867 bits per heavy atom. The summed E-state index contributed by atoms with van der Waals surface area (Å²) >= 11 is 0. The molecule has 0 bridgehead atoms. The number of aliphatic hydroxyl groups is 4. The molecule has 0 saturated carbocycles. The highest BCUT2D eigenvalue weighted by molar-refractivity contribution is 5.81. The summed E-state index contributed by atoms with van der Waals surface area (Å²) in [6.45, 7) is 3.68. The molecule has 5 N–H and O–H groups in total. The highest BCUT2D eigenvalue weighted by Crippen LogP contribution is 2.09. The number of rotatable bonds is 19. The van der Waals surface area contributed by atoms with E-state index < -0.39 is 36.9 Å². The Hall–Kier alpha value is -1.21. The van der Waals surface area contributed by atoms with E-state index in [9.17, 15) is 25.2 Å². The first kappa shape index (κ1) is 28.8. The average Bonchev–Trinajstić information content (AvgIpc) is 2.75. The average molecular weight is 428 g/mol. The molecule has 4 unspecified atom stereocenters. The predicted octanol–water partition coefficient (Wildman–Crippen LogP) is 3.38. The molecule has 0 saturated heterocycles. The van der Waals surface area contributed by atoms with Crippen molar-refractivity contribution in [3.63, 3.8) is 0 Å². The van der Waals surface area contributed by atoms with Crippen LogP contribution in [0, 0.1) is 0 Å². The molecule has 6 heteroatoms. The van der Waals surface area contributed by atoms with Crippen LogP contribution in [0.2, 0.25) is 0 Å². The molecule has 0 aromatic carbocycles. The minimum atomic E-state index is -1.27. The summed E-state index contributed by atoms with van der Waals surface area (Å²) in [7, 11) is 0. The normalized spacial score (nSPS) is 16.1. The van der Waals surface area contributed by atoms with Crippen molar-refractivity contribution in [3.8, 4) is 0 Å². The molecule has 176 valence electrons. The molecule has 0 spiro atoms. The SMILES string of the molecule is CCCCCCCC/C=C\C/C=C\CC(O)C(=O)NC(CO)C(O)C(O)CCCC. The molecule has 1 amide bonds. The topological polar surface area (TPSA) is 110 Å². The van der Waals surface area contributed by atoms with E-state index in [1.54, 1.807) is 6.08 Å². The van der Waals surface area contributed by atoms with Crippen LogP contribution < -0.4 is 5.32 Å². The molecule has 0 fully saturated rings. The number of hydrogen-bond donors (Lipinski definition) is 5. The van der Waals surface area contributed by atoms with Crippen LogP contribution >= 0.6 is 0 Å². The number of aliphatic hydroxyl groups excluding tert-OH is 4. The molecule has 0 aliphatic heterocycles. The number of carbonyl (C=O) groups is 1. The molecular weight excluding hydrogens is 382 g/mol. The van der Waals surface area contributed by atoms with Crippen LogP contribution in [0.3, 0.4) is 0 Å². The number of allylic oxidation sites excluding steroid dienone is 3. The maximum atomic E-state index is 12.1. The van der Waals surface area contributed by atoms with Crippen LogP contribution in [0.5, 0.6) is 0 Å². The highest BCUT2D eigenvalue weighted by atomic mass is 16.3. The van der Waals surface area contributed by atoms with Gasteiger partial charge in [0.2, 0.25) is 5.91 Å². The van der Waals surface area contributed by atoms with Gasteiger partial charge in [-0.2, -0.15) is 0 Å². The number of amides is 1. The van der Waals surface area contributed by atoms with Gasteiger partial charge in [0, 0.05) is 6.42 Å². The Morgan fingerprint density at radius 2 is 1.50 bits per heavy atom. The standard InChI is InChI=1S/C24H45NO5/c1-3-5-7-8-9-10-11-12-13-14-15-16-18-22(28)24(30)25-20(19-26)23(29)21(27)17-6-4-2/h12-13,15-16,20-23,26-29H,3-11,14,17-19H2,1-2H3,(H,25,30)/b13-12-,16-15-. The molecule has 30 heavy (non-hydrogen) atoms. The quantitative estimate of drug-likeness (QED) is 0.160. The van der Waals surface area contributed by atoms with Crippen LogP contribution in [0.25, 0.3) is 0 Å². The minimum Gasteiger partial charge on any atom is -0.394 e. The van der Waals surface area contributed by atoms with Crippen LogP contribution in [0.4, 0.5) is 0 Å². The fraction of sp³-hybridized carbons (Fsp3) is 0.792. The summed E-state index contributed by atoms with van der Waals surface area (Å²) in [6, 6.07) is -1.01. The second-order valence-corrected chi connectivity index (χ2v) is 7.98. The van der Waals surface area contributed by atoms with Crippen molar-refractivity contribution in [2.75, 3.05) is 6.61 Å². The number of carbonyl (C=O) groups excluding carboxylic acids is 1. The molecule has 0 aliphatic carbocycles. The van der Waals surface area contributed by atoms with Gasteiger partial charge in [-0.15, -0.1) is 0 Å². The zero-order chi connectivity index (χ0) is 22.6. The van der Waals surface area contributed by atoms with Gasteiger partial charge >= 0.3 is 0 Å². The van der Waals surface area contributed by atoms with E-state index in [-0.39, 0.29) is 6.42 Å². The van der Waals surface area contributed by atoms with Gasteiger partial charge in [0.25, 0.3) is 0 Å². The summed E-state index contributed by atoms with van der Waals surface area (Å²) in [5.74, 6) is -0.668. The Kier molecular flexibility index (Phi) is 18.9. The third-order valence-electron chi connectivity index (χ3n) is 5.18. The molecule has 4 atom stereocenters. The van der Waals surface area contributed by atoms with Gasteiger partial charge < -0.3 is 25.7 Å². The molecule has 0 aromatic rings. The first-order chi connectivity index (χ1) is 14.5. The molecule has 0 aromatic heterocycles. The molecular formula is C24H45NO5. The van der Waals surface area contributed by atoms with E-state index in [1.807, 2.05) is 13.0 Å². The van der Waals surface area contributed by atoms with Crippen molar-refractivity contribution in [1.82, 2.24) is 5.32 Å². The lowest BCUT2D eigenvalue weighted by Gasteiger charge is -2.27. The van der Waals surface area contributed by atoms with E-state index in [2.05, 4.69) is 24.4 Å². The third-order valence-corrected chi connectivity index (χ3v) is 5.18. The van der Waals surface area contributed by atoms with Crippen molar-refractivity contribution in [2.45, 2.75) is 115 Å². The van der Waals surface area contributed by atoms with Crippen molar-refractivity contribution < 1.29 is 25.2 Å². The lowest BCUT2D eigenvalue weighted by atomic mass is 10.0. The number of hydrogen-bond acceptors (Lipinski definition) is 5. The lowest BCUT2D eigenvalue weighted by molar-refractivity contribution is -0.132. The van der Waals surface area contributed by atoms with Gasteiger partial charge in [-0.05, 0) is 25.7 Å². The molecule has 0 radical (unpaired) electrons. The summed E-state index contributed by atoms with van der Waals surface area (Å²) < 4.78 is 0. The van der Waals surface area contributed by atoms with Crippen LogP contribution in [0.15, 0.2) is 24.3 Å². The van der Waals surface area contributed by atoms with E-state index in [4.69, 9.17) is 0 Å². The summed E-state index contributed by atoms with van der Waals surface area (Å²) in [4.78, 5) is 12.1. The van der Waals surface area contributed by atoms with Gasteiger partial charge in [0.05, 0.1) is 18.8 Å². The van der Waals surface area contributed by atoms with Crippen LogP contribution in [0.1, 0.15) is 90.9 Å². The lowest BCUT2D eigenvalue weighted by Crippen LogP contribution is -2.52. The monoisotopic (exact) mass is 427 g/mol. The van der Waals surface area contributed by atoms with Crippen LogP contribution in [-0.2, 0) is 4.79 Å². The molecule has 6 nitrogen and oxygen atoms in total. The van der Waals surface area contributed by atoms with E-state index in [0.717, 1.165) is 25.7 Å². The molecule has 0 aliphatic rings. The summed E-state index contributed by atoms with van der Waals surface area (Å²) in [5, 5.41) is 41.8. The fourth-order valence-corrected chi connectivity index (χ4v) is 3.13. The maximum absolute atomic E-state index is 12.1. The minimum absolute atomic E-state index is 0.156. The van der Waals surface area contributed by atoms with Crippen LogP contribution in [-0.4, -0.2) is 57.3 Å². The third kappa shape index (κ3) is 14.7. The first-order valence-electron chi connectivity index (χ1n) is 11.7. The Bertz CT molecular complexity index is 467. The van der Waals surface area contributed by atoms with E-state index in [1.165, 1.54) is 38.5 Å². The number of nitrogens with one attached hydrogen (secondary N) is 1. The smallest absolute Gasteiger partial charge is 0.249 e.